The predicted molar refractivity (Wildman–Crippen MR) is 62.5 cm³/mol. The molecule has 0 aliphatic rings. The third-order valence-corrected chi connectivity index (χ3v) is 2.75. The minimum Gasteiger partial charge on any atom is -0.392 e. The van der Waals surface area contributed by atoms with E-state index >= 15 is 0 Å². The number of hydrogen-bond acceptors (Lipinski definition) is 5. The van der Waals surface area contributed by atoms with Gasteiger partial charge in [0.2, 0.25) is 0 Å². The average molecular weight is 244 g/mol. The number of nitrogens with two attached hydrogens (primary N) is 1. The van der Waals surface area contributed by atoms with E-state index in [1.807, 2.05) is 0 Å². The Morgan fingerprint density at radius 1 is 1.47 bits per heavy atom. The summed E-state index contributed by atoms with van der Waals surface area (Å²) in [6.07, 6.45) is -0.843. The monoisotopic (exact) mass is 244 g/mol. The molecule has 0 heterocycles. The van der Waals surface area contributed by atoms with Crippen LogP contribution in [0.5, 0.6) is 0 Å². The van der Waals surface area contributed by atoms with Crippen molar-refractivity contribution in [2.75, 3.05) is 6.54 Å². The van der Waals surface area contributed by atoms with Gasteiger partial charge in [-0.1, -0.05) is 32.8 Å². The number of carbonyl (C=O) groups excluding carboxylic acids is 1. The maximum Gasteiger partial charge on any atom is 0.325 e. The number of hydrogen-bond donors (Lipinski definition) is 2. The van der Waals surface area contributed by atoms with Crippen molar-refractivity contribution in [2.45, 2.75) is 40.2 Å². The highest BCUT2D eigenvalue weighted by molar-refractivity contribution is 5.69. The first-order valence-corrected chi connectivity index (χ1v) is 5.26. The van der Waals surface area contributed by atoms with Crippen molar-refractivity contribution in [3.63, 3.8) is 0 Å². The number of aliphatic hydroxyl groups is 1. The molecule has 0 aromatic carbocycles. The molecule has 0 saturated heterocycles. The predicted octanol–water partition coefficient (Wildman–Crippen LogP) is 1.52. The van der Waals surface area contributed by atoms with Crippen LogP contribution in [-0.2, 0) is 9.63 Å². The van der Waals surface area contributed by atoms with E-state index in [1.165, 1.54) is 0 Å². The molecule has 0 aliphatic heterocycles. The van der Waals surface area contributed by atoms with Crippen LogP contribution in [-0.4, -0.2) is 23.7 Å². The van der Waals surface area contributed by atoms with E-state index in [-0.39, 0.29) is 13.0 Å². The Kier molecular flexibility index (Phi) is 5.41. The zero-order chi connectivity index (χ0) is 13.7. The van der Waals surface area contributed by atoms with Gasteiger partial charge in [0.05, 0.1) is 12.5 Å². The van der Waals surface area contributed by atoms with Crippen LogP contribution < -0.4 is 5.90 Å². The fourth-order valence-electron chi connectivity index (χ4n) is 1.87. The largest absolute Gasteiger partial charge is 0.392 e. The van der Waals surface area contributed by atoms with Gasteiger partial charge in [0.15, 0.2) is 0 Å². The Bertz CT molecular complexity index is 322. The normalized spacial score (nSPS) is 13.8. The molecule has 0 radical (unpaired) electrons. The van der Waals surface area contributed by atoms with Gasteiger partial charge in [-0.05, 0) is 10.9 Å². The summed E-state index contributed by atoms with van der Waals surface area (Å²) in [5, 5.41) is 13.7. The van der Waals surface area contributed by atoms with Crippen LogP contribution in [0.25, 0.3) is 10.4 Å². The molecule has 7 heteroatoms. The quantitative estimate of drug-likeness (QED) is 0.318. The van der Waals surface area contributed by atoms with Crippen LogP contribution in [0.3, 0.4) is 0 Å². The Balaban J connectivity index is 4.80. The highest BCUT2D eigenvalue weighted by Crippen LogP contribution is 2.37. The van der Waals surface area contributed by atoms with Gasteiger partial charge in [-0.2, -0.15) is 5.90 Å². The number of nitrogens with zero attached hydrogens (tertiary/aromatic N) is 3. The van der Waals surface area contributed by atoms with E-state index in [9.17, 15) is 9.90 Å². The van der Waals surface area contributed by atoms with Crippen LogP contribution in [0.15, 0.2) is 5.11 Å². The average Bonchev–Trinajstić information content (AvgIpc) is 2.24. The molecule has 1 unspecified atom stereocenters. The topological polar surface area (TPSA) is 121 Å². The first-order valence-electron chi connectivity index (χ1n) is 5.26. The molecule has 7 nitrogen and oxygen atoms in total. The van der Waals surface area contributed by atoms with Gasteiger partial charge in [0.25, 0.3) is 0 Å². The van der Waals surface area contributed by atoms with Gasteiger partial charge < -0.3 is 9.94 Å². The standard InChI is InChI=1S/C10H20N4O3/c1-9(2,5-7(15)17-12)8(16)10(3,4)6-13-14-11/h8,16H,5-6,12H2,1-4H3. The lowest BCUT2D eigenvalue weighted by atomic mass is 9.70. The van der Waals surface area contributed by atoms with Crippen LogP contribution in [0, 0.1) is 10.8 Å². The van der Waals surface area contributed by atoms with Gasteiger partial charge in [0, 0.05) is 16.9 Å². The van der Waals surface area contributed by atoms with Crippen molar-refractivity contribution in [3.05, 3.63) is 10.4 Å². The van der Waals surface area contributed by atoms with Crippen molar-refractivity contribution >= 4 is 5.97 Å². The van der Waals surface area contributed by atoms with E-state index in [2.05, 4.69) is 14.9 Å². The van der Waals surface area contributed by atoms with E-state index in [0.29, 0.717) is 0 Å². The van der Waals surface area contributed by atoms with Crippen molar-refractivity contribution in [1.82, 2.24) is 0 Å². The summed E-state index contributed by atoms with van der Waals surface area (Å²) in [4.78, 5) is 17.9. The number of carbonyl (C=O) groups is 1. The molecule has 0 rings (SSSR count). The highest BCUT2D eigenvalue weighted by Gasteiger charge is 2.40. The summed E-state index contributed by atoms with van der Waals surface area (Å²) >= 11 is 0. The molecule has 0 spiro atoms. The van der Waals surface area contributed by atoms with E-state index < -0.39 is 22.9 Å². The van der Waals surface area contributed by atoms with Crippen LogP contribution >= 0.6 is 0 Å². The highest BCUT2D eigenvalue weighted by atomic mass is 16.7. The second-order valence-corrected chi connectivity index (χ2v) is 5.44. The summed E-state index contributed by atoms with van der Waals surface area (Å²) in [5.74, 6) is 4.18. The van der Waals surface area contributed by atoms with Crippen molar-refractivity contribution in [2.24, 2.45) is 21.8 Å². The van der Waals surface area contributed by atoms with Crippen LogP contribution in [0.2, 0.25) is 0 Å². The van der Waals surface area contributed by atoms with Crippen LogP contribution in [0.1, 0.15) is 34.1 Å². The number of rotatable bonds is 6. The maximum absolute atomic E-state index is 11.1. The molecule has 0 amide bonds. The van der Waals surface area contributed by atoms with Crippen molar-refractivity contribution < 1.29 is 14.7 Å². The summed E-state index contributed by atoms with van der Waals surface area (Å²) < 4.78 is 0. The zero-order valence-corrected chi connectivity index (χ0v) is 10.7. The summed E-state index contributed by atoms with van der Waals surface area (Å²) in [6, 6.07) is 0. The minimum atomic E-state index is -0.834. The van der Waals surface area contributed by atoms with Crippen molar-refractivity contribution in [3.8, 4) is 0 Å². The molecule has 0 aliphatic carbocycles. The molecule has 0 aromatic heterocycles. The molecule has 0 fully saturated rings. The first-order chi connectivity index (χ1) is 7.67. The van der Waals surface area contributed by atoms with Gasteiger partial charge in [-0.15, -0.1) is 0 Å². The lowest BCUT2D eigenvalue weighted by Gasteiger charge is -2.39. The van der Waals surface area contributed by atoms with Gasteiger partial charge in [0.1, 0.15) is 0 Å². The van der Waals surface area contributed by atoms with Gasteiger partial charge >= 0.3 is 5.97 Å². The Labute approximate surface area is 101 Å². The number of aliphatic hydroxyl groups excluding tert-OH is 1. The SMILES string of the molecule is CC(C)(CN=[N+]=[N-])C(O)C(C)(C)CC(=O)ON. The lowest BCUT2D eigenvalue weighted by molar-refractivity contribution is -0.150. The Morgan fingerprint density at radius 2 is 2.00 bits per heavy atom. The van der Waals surface area contributed by atoms with E-state index in [4.69, 9.17) is 11.4 Å². The summed E-state index contributed by atoms with van der Waals surface area (Å²) in [7, 11) is 0. The minimum absolute atomic E-state index is 0.00956. The first kappa shape index (κ1) is 15.7. The molecule has 0 saturated carbocycles. The smallest absolute Gasteiger partial charge is 0.325 e. The molecular formula is C10H20N4O3. The Morgan fingerprint density at radius 3 is 2.41 bits per heavy atom. The van der Waals surface area contributed by atoms with E-state index in [0.717, 1.165) is 0 Å². The molecule has 1 atom stereocenters. The van der Waals surface area contributed by atoms with Crippen LogP contribution in [0.4, 0.5) is 0 Å². The summed E-state index contributed by atoms with van der Waals surface area (Å²) in [5.41, 5.74) is 6.93. The fraction of sp³-hybridized carbons (Fsp3) is 0.900. The Hall–Kier alpha value is -1.30. The lowest BCUT2D eigenvalue weighted by Crippen LogP contribution is -2.44. The molecule has 0 aromatic rings. The maximum atomic E-state index is 11.1. The van der Waals surface area contributed by atoms with Gasteiger partial charge in [-0.25, -0.2) is 0 Å². The molecule has 0 bridgehead atoms. The number of azide groups is 1. The molecule has 17 heavy (non-hydrogen) atoms. The second-order valence-electron chi connectivity index (χ2n) is 5.44. The van der Waals surface area contributed by atoms with Gasteiger partial charge in [-0.3, -0.25) is 4.79 Å². The van der Waals surface area contributed by atoms with E-state index in [1.54, 1.807) is 27.7 Å². The third kappa shape index (κ3) is 4.60. The van der Waals surface area contributed by atoms with Crippen molar-refractivity contribution in [1.29, 1.82) is 0 Å². The molecule has 3 N–H and O–H groups in total. The fourth-order valence-corrected chi connectivity index (χ4v) is 1.87. The third-order valence-electron chi connectivity index (χ3n) is 2.75. The second kappa shape index (κ2) is 5.86. The molecule has 98 valence electrons. The molecular weight excluding hydrogens is 224 g/mol. The summed E-state index contributed by atoms with van der Waals surface area (Å²) in [6.45, 7) is 7.13. The zero-order valence-electron chi connectivity index (χ0n) is 10.7.